The summed E-state index contributed by atoms with van der Waals surface area (Å²) in [5.41, 5.74) is 6.10. The van der Waals surface area contributed by atoms with Gasteiger partial charge in [0.2, 0.25) is 0 Å². The highest BCUT2D eigenvalue weighted by Gasteiger charge is 2.05. The first kappa shape index (κ1) is 21.2. The molecule has 0 aliphatic carbocycles. The minimum absolute atomic E-state index is 0.507. The van der Waals surface area contributed by atoms with E-state index in [1.54, 1.807) is 0 Å². The summed E-state index contributed by atoms with van der Waals surface area (Å²) in [6.45, 7) is 4.28. The van der Waals surface area contributed by atoms with Gasteiger partial charge in [0.25, 0.3) is 0 Å². The molecule has 0 saturated carbocycles. The standard InChI is InChI=1S/C24H26N4O2/c1-18(27-29-3)22-14-7-12-21(25-22)13-9-17-30-28-19(2)23-15-8-16-24(26-23)20-10-5-4-6-11-20/h4-8,10-12,14-16H,9,13,17H2,1-3H3/b27-18+,28-19+. The molecule has 3 aromatic rings. The van der Waals surface area contributed by atoms with E-state index >= 15 is 0 Å². The summed E-state index contributed by atoms with van der Waals surface area (Å²) in [7, 11) is 1.53. The van der Waals surface area contributed by atoms with Crippen molar-refractivity contribution in [1.82, 2.24) is 9.97 Å². The Kier molecular flexibility index (Phi) is 7.66. The number of pyridine rings is 2. The van der Waals surface area contributed by atoms with Gasteiger partial charge in [0, 0.05) is 11.3 Å². The van der Waals surface area contributed by atoms with Crippen LogP contribution in [0.2, 0.25) is 0 Å². The molecule has 2 heterocycles. The number of benzene rings is 1. The highest BCUT2D eigenvalue weighted by atomic mass is 16.6. The third-order valence-corrected chi connectivity index (χ3v) is 4.47. The Morgan fingerprint density at radius 3 is 2.27 bits per heavy atom. The van der Waals surface area contributed by atoms with E-state index in [4.69, 9.17) is 9.68 Å². The largest absolute Gasteiger partial charge is 0.399 e. The van der Waals surface area contributed by atoms with E-state index in [9.17, 15) is 0 Å². The van der Waals surface area contributed by atoms with Gasteiger partial charge in [-0.15, -0.1) is 0 Å². The maximum Gasteiger partial charge on any atom is 0.117 e. The molecule has 0 bridgehead atoms. The van der Waals surface area contributed by atoms with E-state index in [2.05, 4.69) is 20.3 Å². The number of aryl methyl sites for hydroxylation is 1. The van der Waals surface area contributed by atoms with Gasteiger partial charge in [-0.25, -0.2) is 4.98 Å². The second kappa shape index (κ2) is 10.9. The van der Waals surface area contributed by atoms with Crippen LogP contribution >= 0.6 is 0 Å². The summed E-state index contributed by atoms with van der Waals surface area (Å²) in [4.78, 5) is 19.6. The number of hydrogen-bond donors (Lipinski definition) is 0. The van der Waals surface area contributed by atoms with Gasteiger partial charge < -0.3 is 9.68 Å². The van der Waals surface area contributed by atoms with Crippen molar-refractivity contribution in [2.75, 3.05) is 13.7 Å². The predicted octanol–water partition coefficient (Wildman–Crippen LogP) is 4.89. The summed E-state index contributed by atoms with van der Waals surface area (Å²) in [5.74, 6) is 0. The van der Waals surface area contributed by atoms with Gasteiger partial charge in [0.15, 0.2) is 0 Å². The Hall–Kier alpha value is -3.54. The average Bonchev–Trinajstić information content (AvgIpc) is 2.80. The first-order valence-electron chi connectivity index (χ1n) is 9.91. The van der Waals surface area contributed by atoms with Gasteiger partial charge in [-0.05, 0) is 51.0 Å². The minimum Gasteiger partial charge on any atom is -0.399 e. The molecule has 0 atom stereocenters. The summed E-state index contributed by atoms with van der Waals surface area (Å²) in [5, 5.41) is 8.15. The minimum atomic E-state index is 0.507. The van der Waals surface area contributed by atoms with Crippen LogP contribution in [0.15, 0.2) is 77.0 Å². The molecule has 0 radical (unpaired) electrons. The fourth-order valence-corrected chi connectivity index (χ4v) is 2.92. The lowest BCUT2D eigenvalue weighted by atomic mass is 10.1. The number of rotatable bonds is 9. The molecule has 0 spiro atoms. The molecule has 30 heavy (non-hydrogen) atoms. The Bertz CT molecular complexity index is 1020. The van der Waals surface area contributed by atoms with Crippen LogP contribution in [0, 0.1) is 0 Å². The number of aromatic nitrogens is 2. The highest BCUT2D eigenvalue weighted by Crippen LogP contribution is 2.16. The third-order valence-electron chi connectivity index (χ3n) is 4.47. The lowest BCUT2D eigenvalue weighted by Gasteiger charge is -2.06. The summed E-state index contributed by atoms with van der Waals surface area (Å²) < 4.78 is 0. The Morgan fingerprint density at radius 1 is 0.800 bits per heavy atom. The maximum absolute atomic E-state index is 5.51. The zero-order valence-corrected chi connectivity index (χ0v) is 17.6. The molecule has 154 valence electrons. The third kappa shape index (κ3) is 5.98. The van der Waals surface area contributed by atoms with E-state index in [-0.39, 0.29) is 0 Å². The van der Waals surface area contributed by atoms with Crippen molar-refractivity contribution in [3.63, 3.8) is 0 Å². The molecule has 2 aromatic heterocycles. The number of oxime groups is 2. The topological polar surface area (TPSA) is 69.0 Å². The predicted molar refractivity (Wildman–Crippen MR) is 120 cm³/mol. The van der Waals surface area contributed by atoms with Gasteiger partial charge in [0.1, 0.15) is 25.1 Å². The van der Waals surface area contributed by atoms with Crippen LogP contribution in [0.4, 0.5) is 0 Å². The van der Waals surface area contributed by atoms with Crippen LogP contribution in [-0.4, -0.2) is 35.1 Å². The SMILES string of the molecule is CO/N=C(\C)c1cccc(CCCO/N=C(\C)c2cccc(-c3ccccc3)n2)n1. The van der Waals surface area contributed by atoms with Crippen LogP contribution in [0.1, 0.15) is 37.4 Å². The molecular weight excluding hydrogens is 376 g/mol. The van der Waals surface area contributed by atoms with Crippen molar-refractivity contribution in [2.45, 2.75) is 26.7 Å². The zero-order chi connectivity index (χ0) is 21.2. The van der Waals surface area contributed by atoms with Crippen molar-refractivity contribution < 1.29 is 9.68 Å². The van der Waals surface area contributed by atoms with E-state index in [1.807, 2.05) is 80.6 Å². The molecule has 0 amide bonds. The van der Waals surface area contributed by atoms with Crippen LogP contribution in [0.25, 0.3) is 11.3 Å². The van der Waals surface area contributed by atoms with Crippen molar-refractivity contribution >= 4 is 11.4 Å². The van der Waals surface area contributed by atoms with Crippen molar-refractivity contribution in [3.05, 3.63) is 83.8 Å². The fraction of sp³-hybridized carbons (Fsp3) is 0.250. The molecule has 0 aliphatic rings. The quantitative estimate of drug-likeness (QED) is 0.290. The summed E-state index contributed by atoms with van der Waals surface area (Å²) in [6.07, 6.45) is 1.61. The van der Waals surface area contributed by atoms with Gasteiger partial charge >= 0.3 is 0 Å². The van der Waals surface area contributed by atoms with Gasteiger partial charge in [0.05, 0.1) is 17.1 Å². The molecule has 1 aromatic carbocycles. The van der Waals surface area contributed by atoms with Crippen LogP contribution in [0.5, 0.6) is 0 Å². The molecule has 3 rings (SSSR count). The normalized spacial score (nSPS) is 12.0. The Balaban J connectivity index is 1.53. The summed E-state index contributed by atoms with van der Waals surface area (Å²) >= 11 is 0. The first-order chi connectivity index (χ1) is 14.7. The Labute approximate surface area is 177 Å². The van der Waals surface area contributed by atoms with Crippen molar-refractivity contribution in [3.8, 4) is 11.3 Å². The second-order valence-corrected chi connectivity index (χ2v) is 6.76. The Morgan fingerprint density at radius 2 is 1.50 bits per heavy atom. The first-order valence-corrected chi connectivity index (χ1v) is 9.91. The molecule has 0 fully saturated rings. The second-order valence-electron chi connectivity index (χ2n) is 6.76. The lowest BCUT2D eigenvalue weighted by Crippen LogP contribution is -2.04. The zero-order valence-electron chi connectivity index (χ0n) is 17.6. The van der Waals surface area contributed by atoms with Crippen molar-refractivity contribution in [1.29, 1.82) is 0 Å². The van der Waals surface area contributed by atoms with Gasteiger partial charge in [-0.3, -0.25) is 4.98 Å². The monoisotopic (exact) mass is 402 g/mol. The van der Waals surface area contributed by atoms with Crippen LogP contribution in [0.3, 0.4) is 0 Å². The molecule has 6 heteroatoms. The van der Waals surface area contributed by atoms with E-state index in [0.717, 1.165) is 52.6 Å². The maximum atomic E-state index is 5.51. The van der Waals surface area contributed by atoms with E-state index in [1.165, 1.54) is 7.11 Å². The summed E-state index contributed by atoms with van der Waals surface area (Å²) in [6, 6.07) is 21.9. The molecule has 6 nitrogen and oxygen atoms in total. The number of hydrogen-bond acceptors (Lipinski definition) is 6. The molecule has 0 saturated heterocycles. The van der Waals surface area contributed by atoms with E-state index < -0.39 is 0 Å². The molecule has 0 N–H and O–H groups in total. The van der Waals surface area contributed by atoms with Crippen LogP contribution < -0.4 is 0 Å². The smallest absolute Gasteiger partial charge is 0.117 e. The lowest BCUT2D eigenvalue weighted by molar-refractivity contribution is 0.141. The average molecular weight is 402 g/mol. The van der Waals surface area contributed by atoms with Gasteiger partial charge in [-0.2, -0.15) is 0 Å². The highest BCUT2D eigenvalue weighted by molar-refractivity contribution is 5.97. The number of nitrogens with zero attached hydrogens (tertiary/aromatic N) is 4. The molecule has 0 unspecified atom stereocenters. The molecular formula is C24H26N4O2. The molecule has 0 aliphatic heterocycles. The van der Waals surface area contributed by atoms with Crippen LogP contribution in [-0.2, 0) is 16.1 Å². The van der Waals surface area contributed by atoms with Crippen molar-refractivity contribution in [2.24, 2.45) is 10.3 Å². The van der Waals surface area contributed by atoms with Gasteiger partial charge in [-0.1, -0.05) is 52.8 Å². The fourth-order valence-electron chi connectivity index (χ4n) is 2.92. The van der Waals surface area contributed by atoms with E-state index in [0.29, 0.717) is 6.61 Å².